The molecule has 0 saturated carbocycles. The molecular formula is C13H13N5O2. The van der Waals surface area contributed by atoms with Crippen LogP contribution in [0.5, 0.6) is 0 Å². The van der Waals surface area contributed by atoms with E-state index in [4.69, 9.17) is 10.00 Å². The van der Waals surface area contributed by atoms with Crippen molar-refractivity contribution in [1.29, 1.82) is 5.26 Å². The van der Waals surface area contributed by atoms with E-state index in [2.05, 4.69) is 15.4 Å². The Morgan fingerprint density at radius 3 is 3.00 bits per heavy atom. The number of hydrogen-bond donors (Lipinski definition) is 0. The third kappa shape index (κ3) is 3.17. The minimum Gasteiger partial charge on any atom is -0.459 e. The van der Waals surface area contributed by atoms with Gasteiger partial charge < -0.3 is 4.74 Å². The van der Waals surface area contributed by atoms with Gasteiger partial charge in [0.25, 0.3) is 0 Å². The minimum atomic E-state index is -0.397. The van der Waals surface area contributed by atoms with Gasteiger partial charge in [0.1, 0.15) is 6.54 Å². The Bertz CT molecular complexity index is 657. The van der Waals surface area contributed by atoms with E-state index in [0.29, 0.717) is 17.0 Å². The standard InChI is InChI=1S/C13H13N5O2/c1-9(2)20-13(19)11-5-3-4-10(8-11)12-15-17-18(16-12)7-6-14/h3-5,8-9H,7H2,1-2H3. The Balaban J connectivity index is 2.25. The first-order valence-electron chi connectivity index (χ1n) is 6.06. The molecular weight excluding hydrogens is 258 g/mol. The third-order valence-corrected chi connectivity index (χ3v) is 2.36. The van der Waals surface area contributed by atoms with Crippen LogP contribution in [0.1, 0.15) is 24.2 Å². The number of ether oxygens (including phenoxy) is 1. The molecule has 0 N–H and O–H groups in total. The van der Waals surface area contributed by atoms with E-state index in [-0.39, 0.29) is 12.6 Å². The second kappa shape index (κ2) is 5.93. The molecule has 0 aliphatic heterocycles. The minimum absolute atomic E-state index is 0.0298. The maximum absolute atomic E-state index is 11.8. The van der Waals surface area contributed by atoms with Gasteiger partial charge >= 0.3 is 5.97 Å². The summed E-state index contributed by atoms with van der Waals surface area (Å²) in [7, 11) is 0. The molecule has 0 unspecified atom stereocenters. The predicted octanol–water partition coefficient (Wildman–Crippen LogP) is 1.43. The molecule has 1 aromatic heterocycles. The number of nitriles is 1. The summed E-state index contributed by atoms with van der Waals surface area (Å²) in [4.78, 5) is 13.0. The van der Waals surface area contributed by atoms with Gasteiger partial charge in [0, 0.05) is 5.56 Å². The topological polar surface area (TPSA) is 93.7 Å². The van der Waals surface area contributed by atoms with Gasteiger partial charge in [0.2, 0.25) is 5.82 Å². The highest BCUT2D eigenvalue weighted by atomic mass is 16.5. The summed E-state index contributed by atoms with van der Waals surface area (Å²) < 4.78 is 5.13. The lowest BCUT2D eigenvalue weighted by Crippen LogP contribution is -2.11. The molecule has 0 fully saturated rings. The molecule has 0 bridgehead atoms. The highest BCUT2D eigenvalue weighted by molar-refractivity contribution is 5.90. The van der Waals surface area contributed by atoms with Crippen LogP contribution < -0.4 is 0 Å². The molecule has 0 radical (unpaired) electrons. The lowest BCUT2D eigenvalue weighted by atomic mass is 10.1. The quantitative estimate of drug-likeness (QED) is 0.781. The van der Waals surface area contributed by atoms with E-state index >= 15 is 0 Å². The number of benzene rings is 1. The van der Waals surface area contributed by atoms with E-state index < -0.39 is 5.97 Å². The summed E-state index contributed by atoms with van der Waals surface area (Å²) in [6, 6.07) is 8.71. The van der Waals surface area contributed by atoms with Crippen LogP contribution in [0.15, 0.2) is 24.3 Å². The second-order valence-electron chi connectivity index (χ2n) is 4.34. The van der Waals surface area contributed by atoms with Gasteiger partial charge in [-0.15, -0.1) is 15.0 Å². The van der Waals surface area contributed by atoms with Gasteiger partial charge in [-0.3, -0.25) is 0 Å². The van der Waals surface area contributed by atoms with Crippen LogP contribution in [0.25, 0.3) is 11.4 Å². The number of nitrogens with zero attached hydrogens (tertiary/aromatic N) is 5. The maximum atomic E-state index is 11.8. The van der Waals surface area contributed by atoms with Gasteiger partial charge in [-0.1, -0.05) is 12.1 Å². The molecule has 0 aliphatic carbocycles. The van der Waals surface area contributed by atoms with Crippen molar-refractivity contribution >= 4 is 5.97 Å². The molecule has 2 aromatic rings. The van der Waals surface area contributed by atoms with Gasteiger partial charge in [-0.2, -0.15) is 5.26 Å². The van der Waals surface area contributed by atoms with Crippen molar-refractivity contribution in [2.24, 2.45) is 0 Å². The average molecular weight is 271 g/mol. The normalized spacial score (nSPS) is 10.3. The predicted molar refractivity (Wildman–Crippen MR) is 69.4 cm³/mol. The molecule has 0 aliphatic rings. The number of rotatable bonds is 4. The summed E-state index contributed by atoms with van der Waals surface area (Å²) in [6.45, 7) is 3.61. The number of hydrogen-bond acceptors (Lipinski definition) is 6. The molecule has 7 heteroatoms. The molecule has 0 saturated heterocycles. The number of aromatic nitrogens is 4. The molecule has 1 aromatic carbocycles. The first-order chi connectivity index (χ1) is 9.60. The summed E-state index contributed by atoms with van der Waals surface area (Å²) >= 11 is 0. The highest BCUT2D eigenvalue weighted by Gasteiger charge is 2.12. The lowest BCUT2D eigenvalue weighted by molar-refractivity contribution is 0.0378. The number of carbonyl (C=O) groups is 1. The van der Waals surface area contributed by atoms with Crippen LogP contribution in [0.3, 0.4) is 0 Å². The number of carbonyl (C=O) groups excluding carboxylic acids is 1. The summed E-state index contributed by atoms with van der Waals surface area (Å²) in [6.07, 6.45) is -0.180. The fourth-order valence-electron chi connectivity index (χ4n) is 1.56. The summed E-state index contributed by atoms with van der Waals surface area (Å²) in [5.74, 6) is -0.0364. The van der Waals surface area contributed by atoms with E-state index in [1.807, 2.05) is 6.07 Å². The van der Waals surface area contributed by atoms with Crippen LogP contribution in [-0.4, -0.2) is 32.3 Å². The molecule has 0 spiro atoms. The van der Waals surface area contributed by atoms with E-state index in [9.17, 15) is 4.79 Å². The molecule has 2 rings (SSSR count). The zero-order valence-electron chi connectivity index (χ0n) is 11.1. The molecule has 0 amide bonds. The third-order valence-electron chi connectivity index (χ3n) is 2.36. The zero-order chi connectivity index (χ0) is 14.5. The van der Waals surface area contributed by atoms with Crippen molar-refractivity contribution in [3.8, 4) is 17.5 Å². The number of tetrazole rings is 1. The van der Waals surface area contributed by atoms with Gasteiger partial charge in [-0.05, 0) is 31.2 Å². The first-order valence-corrected chi connectivity index (χ1v) is 6.06. The van der Waals surface area contributed by atoms with E-state index in [1.165, 1.54) is 4.80 Å². The molecule has 7 nitrogen and oxygen atoms in total. The second-order valence-corrected chi connectivity index (χ2v) is 4.34. The highest BCUT2D eigenvalue weighted by Crippen LogP contribution is 2.16. The van der Waals surface area contributed by atoms with Crippen molar-refractivity contribution in [2.45, 2.75) is 26.5 Å². The summed E-state index contributed by atoms with van der Waals surface area (Å²) in [5, 5.41) is 20.2. The Morgan fingerprint density at radius 2 is 2.30 bits per heavy atom. The fourth-order valence-corrected chi connectivity index (χ4v) is 1.56. The van der Waals surface area contributed by atoms with Crippen molar-refractivity contribution in [1.82, 2.24) is 20.2 Å². The van der Waals surface area contributed by atoms with E-state index in [0.717, 1.165) is 0 Å². The lowest BCUT2D eigenvalue weighted by Gasteiger charge is -2.08. The Morgan fingerprint density at radius 1 is 1.50 bits per heavy atom. The number of esters is 1. The Labute approximate surface area is 115 Å². The fraction of sp³-hybridized carbons (Fsp3) is 0.308. The smallest absolute Gasteiger partial charge is 0.338 e. The SMILES string of the molecule is CC(C)OC(=O)c1cccc(-c2nnn(CC#N)n2)c1. The van der Waals surface area contributed by atoms with Crippen LogP contribution in [0.2, 0.25) is 0 Å². The van der Waals surface area contributed by atoms with Crippen molar-refractivity contribution in [3.63, 3.8) is 0 Å². The molecule has 1 heterocycles. The van der Waals surface area contributed by atoms with E-state index in [1.54, 1.807) is 38.1 Å². The van der Waals surface area contributed by atoms with Crippen LogP contribution in [0, 0.1) is 11.3 Å². The Hall–Kier alpha value is -2.75. The molecule has 0 atom stereocenters. The van der Waals surface area contributed by atoms with Crippen molar-refractivity contribution in [3.05, 3.63) is 29.8 Å². The monoisotopic (exact) mass is 271 g/mol. The van der Waals surface area contributed by atoms with Crippen LogP contribution in [0.4, 0.5) is 0 Å². The Kier molecular flexibility index (Phi) is 4.05. The largest absolute Gasteiger partial charge is 0.459 e. The van der Waals surface area contributed by atoms with Gasteiger partial charge in [-0.25, -0.2) is 4.79 Å². The summed E-state index contributed by atoms with van der Waals surface area (Å²) in [5.41, 5.74) is 1.07. The maximum Gasteiger partial charge on any atom is 0.338 e. The van der Waals surface area contributed by atoms with Crippen molar-refractivity contribution < 1.29 is 9.53 Å². The van der Waals surface area contributed by atoms with Crippen LogP contribution in [-0.2, 0) is 11.3 Å². The van der Waals surface area contributed by atoms with Gasteiger partial charge in [0.15, 0.2) is 0 Å². The molecule has 102 valence electrons. The molecule has 20 heavy (non-hydrogen) atoms. The average Bonchev–Trinajstić information content (AvgIpc) is 2.87. The van der Waals surface area contributed by atoms with Crippen LogP contribution >= 0.6 is 0 Å². The zero-order valence-corrected chi connectivity index (χ0v) is 11.1. The van der Waals surface area contributed by atoms with Crippen molar-refractivity contribution in [2.75, 3.05) is 0 Å². The first kappa shape index (κ1) is 13.7. The van der Waals surface area contributed by atoms with Gasteiger partial charge in [0.05, 0.1) is 17.7 Å².